The lowest BCUT2D eigenvalue weighted by atomic mass is 9.81. The molecule has 2 aliphatic rings. The fourth-order valence-electron chi connectivity index (χ4n) is 3.13. The van der Waals surface area contributed by atoms with Crippen LogP contribution in [0.4, 0.5) is 0 Å². The van der Waals surface area contributed by atoms with Gasteiger partial charge in [0.25, 0.3) is 0 Å². The molecule has 1 fully saturated rings. The SMILES string of the molecule is CC1CCC(NC2CCSC2)c2ccccc21. The highest BCUT2D eigenvalue weighted by atomic mass is 32.2. The Bertz CT molecular complexity index is 384. The van der Waals surface area contributed by atoms with Gasteiger partial charge in [-0.2, -0.15) is 11.8 Å². The molecule has 1 aromatic rings. The Balaban J connectivity index is 1.79. The number of rotatable bonds is 2. The first-order valence-corrected chi connectivity index (χ1v) is 7.92. The molecule has 1 nitrogen and oxygen atoms in total. The molecule has 1 saturated heterocycles. The summed E-state index contributed by atoms with van der Waals surface area (Å²) in [7, 11) is 0. The van der Waals surface area contributed by atoms with Gasteiger partial charge in [0.1, 0.15) is 0 Å². The molecular formula is C15H21NS. The van der Waals surface area contributed by atoms with Crippen molar-refractivity contribution in [2.45, 2.75) is 44.2 Å². The number of hydrogen-bond acceptors (Lipinski definition) is 2. The molecule has 1 aliphatic heterocycles. The van der Waals surface area contributed by atoms with Crippen molar-refractivity contribution in [3.05, 3.63) is 35.4 Å². The second-order valence-corrected chi connectivity index (χ2v) is 6.54. The van der Waals surface area contributed by atoms with E-state index in [4.69, 9.17) is 0 Å². The van der Waals surface area contributed by atoms with Crippen molar-refractivity contribution in [1.82, 2.24) is 5.32 Å². The zero-order valence-electron chi connectivity index (χ0n) is 10.5. The van der Waals surface area contributed by atoms with Gasteiger partial charge in [-0.1, -0.05) is 31.2 Å². The summed E-state index contributed by atoms with van der Waals surface area (Å²) in [5.74, 6) is 3.37. The molecule has 1 heterocycles. The van der Waals surface area contributed by atoms with Crippen LogP contribution in [0.15, 0.2) is 24.3 Å². The number of fused-ring (bicyclic) bond motifs is 1. The highest BCUT2D eigenvalue weighted by Crippen LogP contribution is 2.37. The van der Waals surface area contributed by atoms with E-state index in [1.165, 1.54) is 30.8 Å². The van der Waals surface area contributed by atoms with Crippen molar-refractivity contribution in [1.29, 1.82) is 0 Å². The van der Waals surface area contributed by atoms with Crippen molar-refractivity contribution in [3.63, 3.8) is 0 Å². The van der Waals surface area contributed by atoms with Crippen LogP contribution in [0.3, 0.4) is 0 Å². The smallest absolute Gasteiger partial charge is 0.0326 e. The van der Waals surface area contributed by atoms with Crippen molar-refractivity contribution >= 4 is 11.8 Å². The van der Waals surface area contributed by atoms with E-state index in [0.717, 1.165) is 12.0 Å². The minimum absolute atomic E-state index is 0.603. The summed E-state index contributed by atoms with van der Waals surface area (Å²) in [5.41, 5.74) is 3.13. The third-order valence-corrected chi connectivity index (χ3v) is 5.32. The van der Waals surface area contributed by atoms with E-state index >= 15 is 0 Å². The fraction of sp³-hybridized carbons (Fsp3) is 0.600. The molecule has 0 radical (unpaired) electrons. The van der Waals surface area contributed by atoms with Gasteiger partial charge in [0, 0.05) is 17.8 Å². The van der Waals surface area contributed by atoms with Crippen LogP contribution in [0.25, 0.3) is 0 Å². The van der Waals surface area contributed by atoms with Crippen LogP contribution >= 0.6 is 11.8 Å². The predicted octanol–water partition coefficient (Wildman–Crippen LogP) is 3.72. The van der Waals surface area contributed by atoms with E-state index < -0.39 is 0 Å². The van der Waals surface area contributed by atoms with Crippen LogP contribution in [0.1, 0.15) is 49.3 Å². The zero-order valence-corrected chi connectivity index (χ0v) is 11.3. The Hall–Kier alpha value is -0.470. The highest BCUT2D eigenvalue weighted by Gasteiger charge is 2.27. The van der Waals surface area contributed by atoms with E-state index in [1.807, 2.05) is 0 Å². The van der Waals surface area contributed by atoms with Crippen LogP contribution < -0.4 is 5.32 Å². The van der Waals surface area contributed by atoms with E-state index in [0.29, 0.717) is 6.04 Å². The average molecular weight is 247 g/mol. The minimum Gasteiger partial charge on any atom is -0.306 e. The number of nitrogens with one attached hydrogen (secondary N) is 1. The molecule has 17 heavy (non-hydrogen) atoms. The lowest BCUT2D eigenvalue weighted by Crippen LogP contribution is -2.35. The molecule has 3 rings (SSSR count). The van der Waals surface area contributed by atoms with Crippen LogP contribution in [-0.2, 0) is 0 Å². The summed E-state index contributed by atoms with van der Waals surface area (Å²) in [4.78, 5) is 0. The molecule has 0 bridgehead atoms. The molecule has 3 unspecified atom stereocenters. The van der Waals surface area contributed by atoms with Crippen molar-refractivity contribution in [2.75, 3.05) is 11.5 Å². The second-order valence-electron chi connectivity index (χ2n) is 5.39. The third kappa shape index (κ3) is 2.38. The summed E-state index contributed by atoms with van der Waals surface area (Å²) in [6, 6.07) is 10.4. The van der Waals surface area contributed by atoms with Gasteiger partial charge in [-0.15, -0.1) is 0 Å². The number of hydrogen-bond donors (Lipinski definition) is 1. The molecule has 0 amide bonds. The standard InChI is InChI=1S/C15H21NS/c1-11-6-7-15(16-12-8-9-17-10-12)14-5-3-2-4-13(11)14/h2-5,11-12,15-16H,6-10H2,1H3. The number of thioether (sulfide) groups is 1. The topological polar surface area (TPSA) is 12.0 Å². The summed E-state index contributed by atoms with van der Waals surface area (Å²) >= 11 is 2.09. The molecule has 0 aromatic heterocycles. The summed E-state index contributed by atoms with van der Waals surface area (Å²) < 4.78 is 0. The van der Waals surface area contributed by atoms with Crippen LogP contribution in [0.2, 0.25) is 0 Å². The van der Waals surface area contributed by atoms with Crippen molar-refractivity contribution in [2.24, 2.45) is 0 Å². The summed E-state index contributed by atoms with van der Waals surface area (Å²) in [6.07, 6.45) is 3.98. The molecule has 0 saturated carbocycles. The fourth-order valence-corrected chi connectivity index (χ4v) is 4.29. The maximum absolute atomic E-state index is 3.87. The van der Waals surface area contributed by atoms with Crippen LogP contribution in [0, 0.1) is 0 Å². The first-order chi connectivity index (χ1) is 8.34. The first kappa shape index (κ1) is 11.6. The van der Waals surface area contributed by atoms with Gasteiger partial charge in [0.05, 0.1) is 0 Å². The Kier molecular flexibility index (Phi) is 3.44. The molecular weight excluding hydrogens is 226 g/mol. The molecule has 1 aliphatic carbocycles. The van der Waals surface area contributed by atoms with Gasteiger partial charge in [-0.25, -0.2) is 0 Å². The lowest BCUT2D eigenvalue weighted by Gasteiger charge is -2.32. The van der Waals surface area contributed by atoms with Gasteiger partial charge in [0.15, 0.2) is 0 Å². The van der Waals surface area contributed by atoms with Crippen molar-refractivity contribution < 1.29 is 0 Å². The maximum atomic E-state index is 3.87. The molecule has 3 atom stereocenters. The zero-order chi connectivity index (χ0) is 11.7. The van der Waals surface area contributed by atoms with Gasteiger partial charge in [-0.05, 0) is 42.1 Å². The van der Waals surface area contributed by atoms with E-state index in [1.54, 1.807) is 11.1 Å². The van der Waals surface area contributed by atoms with Gasteiger partial charge < -0.3 is 5.32 Å². The van der Waals surface area contributed by atoms with Gasteiger partial charge in [0.2, 0.25) is 0 Å². The highest BCUT2D eigenvalue weighted by molar-refractivity contribution is 7.99. The molecule has 0 spiro atoms. The average Bonchev–Trinajstić information content (AvgIpc) is 2.86. The lowest BCUT2D eigenvalue weighted by molar-refractivity contribution is 0.394. The van der Waals surface area contributed by atoms with E-state index in [2.05, 4.69) is 48.3 Å². The third-order valence-electron chi connectivity index (χ3n) is 4.16. The second kappa shape index (κ2) is 5.03. The Morgan fingerprint density at radius 3 is 2.71 bits per heavy atom. The molecule has 1 aromatic carbocycles. The summed E-state index contributed by atoms with van der Waals surface area (Å²) in [5, 5.41) is 3.87. The Labute approximate surface area is 108 Å². The number of benzene rings is 1. The predicted molar refractivity (Wildman–Crippen MR) is 75.7 cm³/mol. The largest absolute Gasteiger partial charge is 0.306 e. The monoisotopic (exact) mass is 247 g/mol. The first-order valence-electron chi connectivity index (χ1n) is 6.77. The molecule has 1 N–H and O–H groups in total. The van der Waals surface area contributed by atoms with Gasteiger partial charge >= 0.3 is 0 Å². The normalized spacial score (nSPS) is 32.4. The van der Waals surface area contributed by atoms with E-state index in [9.17, 15) is 0 Å². The quantitative estimate of drug-likeness (QED) is 0.855. The maximum Gasteiger partial charge on any atom is 0.0326 e. The van der Waals surface area contributed by atoms with Crippen LogP contribution in [-0.4, -0.2) is 17.5 Å². The summed E-state index contributed by atoms with van der Waals surface area (Å²) in [6.45, 7) is 2.36. The Morgan fingerprint density at radius 1 is 1.12 bits per heavy atom. The van der Waals surface area contributed by atoms with Gasteiger partial charge in [-0.3, -0.25) is 0 Å². The molecule has 92 valence electrons. The van der Waals surface area contributed by atoms with Crippen LogP contribution in [0.5, 0.6) is 0 Å². The molecule has 2 heteroatoms. The van der Waals surface area contributed by atoms with E-state index in [-0.39, 0.29) is 0 Å². The van der Waals surface area contributed by atoms with Crippen molar-refractivity contribution in [3.8, 4) is 0 Å². The Morgan fingerprint density at radius 2 is 1.94 bits per heavy atom. The minimum atomic E-state index is 0.603.